The first-order valence-corrected chi connectivity index (χ1v) is 5.20. The standard InChI is InChI=1S/C11H14N2O4/c1-2-10(12)11(14)17-7-8-3-5-9(6-4-8)13(15)16/h3-6,10H,2,7,12H2,1H3. The summed E-state index contributed by atoms with van der Waals surface area (Å²) in [4.78, 5) is 21.2. The molecule has 0 saturated heterocycles. The zero-order valence-corrected chi connectivity index (χ0v) is 9.46. The molecule has 1 aromatic carbocycles. The maximum atomic E-state index is 11.3. The lowest BCUT2D eigenvalue weighted by atomic mass is 10.2. The molecule has 1 unspecified atom stereocenters. The molecule has 0 radical (unpaired) electrons. The van der Waals surface area contributed by atoms with Crippen molar-refractivity contribution < 1.29 is 14.5 Å². The number of nitro benzene ring substituents is 1. The number of nitro groups is 1. The lowest BCUT2D eigenvalue weighted by Gasteiger charge is -2.08. The van der Waals surface area contributed by atoms with Crippen LogP contribution < -0.4 is 5.73 Å². The second-order valence-corrected chi connectivity index (χ2v) is 3.55. The van der Waals surface area contributed by atoms with Gasteiger partial charge in [0.15, 0.2) is 0 Å². The number of nitrogens with zero attached hydrogens (tertiary/aromatic N) is 1. The van der Waals surface area contributed by atoms with E-state index in [0.29, 0.717) is 12.0 Å². The minimum Gasteiger partial charge on any atom is -0.460 e. The van der Waals surface area contributed by atoms with Crippen LogP contribution in [0.2, 0.25) is 0 Å². The molecule has 0 amide bonds. The number of carbonyl (C=O) groups excluding carboxylic acids is 1. The van der Waals surface area contributed by atoms with Crippen LogP contribution in [0.25, 0.3) is 0 Å². The molecule has 1 atom stereocenters. The number of nitrogens with two attached hydrogens (primary N) is 1. The van der Waals surface area contributed by atoms with Gasteiger partial charge in [0.05, 0.1) is 4.92 Å². The fraction of sp³-hybridized carbons (Fsp3) is 0.364. The van der Waals surface area contributed by atoms with Gasteiger partial charge in [-0.15, -0.1) is 0 Å². The van der Waals surface area contributed by atoms with Crippen LogP contribution in [0.15, 0.2) is 24.3 Å². The fourth-order valence-corrected chi connectivity index (χ4v) is 1.14. The Balaban J connectivity index is 2.53. The monoisotopic (exact) mass is 238 g/mol. The van der Waals surface area contributed by atoms with Gasteiger partial charge in [-0.3, -0.25) is 14.9 Å². The Kier molecular flexibility index (Phi) is 4.59. The van der Waals surface area contributed by atoms with Crippen molar-refractivity contribution in [1.29, 1.82) is 0 Å². The Morgan fingerprint density at radius 3 is 2.53 bits per heavy atom. The quantitative estimate of drug-likeness (QED) is 0.475. The zero-order valence-electron chi connectivity index (χ0n) is 9.46. The van der Waals surface area contributed by atoms with E-state index < -0.39 is 16.9 Å². The van der Waals surface area contributed by atoms with E-state index in [2.05, 4.69) is 0 Å². The third-order valence-electron chi connectivity index (χ3n) is 2.27. The summed E-state index contributed by atoms with van der Waals surface area (Å²) >= 11 is 0. The Hall–Kier alpha value is -1.95. The molecule has 0 spiro atoms. The van der Waals surface area contributed by atoms with Gasteiger partial charge in [0.1, 0.15) is 12.6 Å². The van der Waals surface area contributed by atoms with Gasteiger partial charge in [-0.2, -0.15) is 0 Å². The molecule has 0 bridgehead atoms. The van der Waals surface area contributed by atoms with E-state index in [4.69, 9.17) is 10.5 Å². The molecule has 1 rings (SSSR count). The third kappa shape index (κ3) is 3.84. The largest absolute Gasteiger partial charge is 0.460 e. The van der Waals surface area contributed by atoms with Crippen molar-refractivity contribution in [2.45, 2.75) is 26.0 Å². The van der Waals surface area contributed by atoms with Crippen LogP contribution in [0.5, 0.6) is 0 Å². The summed E-state index contributed by atoms with van der Waals surface area (Å²) in [5.74, 6) is -0.467. The molecule has 0 aliphatic heterocycles. The minimum absolute atomic E-state index is 0.00494. The number of carbonyl (C=O) groups is 1. The highest BCUT2D eigenvalue weighted by Gasteiger charge is 2.12. The molecule has 92 valence electrons. The molecule has 0 aromatic heterocycles. The van der Waals surface area contributed by atoms with Gasteiger partial charge < -0.3 is 10.5 Å². The predicted molar refractivity (Wildman–Crippen MR) is 61.2 cm³/mol. The van der Waals surface area contributed by atoms with Crippen molar-refractivity contribution in [3.05, 3.63) is 39.9 Å². The number of rotatable bonds is 5. The second kappa shape index (κ2) is 5.95. The van der Waals surface area contributed by atoms with Crippen LogP contribution in [0, 0.1) is 10.1 Å². The Labute approximate surface area is 98.5 Å². The summed E-state index contributed by atoms with van der Waals surface area (Å²) in [6.07, 6.45) is 0.513. The zero-order chi connectivity index (χ0) is 12.8. The third-order valence-corrected chi connectivity index (χ3v) is 2.27. The summed E-state index contributed by atoms with van der Waals surface area (Å²) in [7, 11) is 0. The summed E-state index contributed by atoms with van der Waals surface area (Å²) in [5, 5.41) is 10.4. The van der Waals surface area contributed by atoms with Crippen LogP contribution in [0.4, 0.5) is 5.69 Å². The number of non-ortho nitro benzene ring substituents is 1. The highest BCUT2D eigenvalue weighted by molar-refractivity contribution is 5.75. The van der Waals surface area contributed by atoms with Gasteiger partial charge in [0.25, 0.3) is 5.69 Å². The van der Waals surface area contributed by atoms with Crippen molar-refractivity contribution in [1.82, 2.24) is 0 Å². The molecule has 0 saturated carbocycles. The van der Waals surface area contributed by atoms with Crippen molar-refractivity contribution in [2.24, 2.45) is 5.73 Å². The van der Waals surface area contributed by atoms with Crippen LogP contribution in [0.3, 0.4) is 0 Å². The van der Waals surface area contributed by atoms with E-state index in [1.165, 1.54) is 12.1 Å². The van der Waals surface area contributed by atoms with Crippen molar-refractivity contribution >= 4 is 11.7 Å². The molecule has 6 heteroatoms. The highest BCUT2D eigenvalue weighted by Crippen LogP contribution is 2.12. The van der Waals surface area contributed by atoms with Gasteiger partial charge >= 0.3 is 5.97 Å². The first-order valence-electron chi connectivity index (χ1n) is 5.20. The molecule has 0 heterocycles. The number of ether oxygens (including phenoxy) is 1. The predicted octanol–water partition coefficient (Wildman–Crippen LogP) is 1.38. The number of hydrogen-bond acceptors (Lipinski definition) is 5. The lowest BCUT2D eigenvalue weighted by Crippen LogP contribution is -2.31. The van der Waals surface area contributed by atoms with Gasteiger partial charge in [0.2, 0.25) is 0 Å². The Morgan fingerprint density at radius 1 is 1.47 bits per heavy atom. The number of hydrogen-bond donors (Lipinski definition) is 1. The maximum Gasteiger partial charge on any atom is 0.323 e. The van der Waals surface area contributed by atoms with Crippen LogP contribution in [0.1, 0.15) is 18.9 Å². The van der Waals surface area contributed by atoms with Crippen molar-refractivity contribution in [2.75, 3.05) is 0 Å². The van der Waals surface area contributed by atoms with E-state index in [-0.39, 0.29) is 12.3 Å². The molecule has 17 heavy (non-hydrogen) atoms. The SMILES string of the molecule is CCC(N)C(=O)OCc1ccc([N+](=O)[O-])cc1. The highest BCUT2D eigenvalue weighted by atomic mass is 16.6. The Morgan fingerprint density at radius 2 is 2.06 bits per heavy atom. The van der Waals surface area contributed by atoms with Gasteiger partial charge in [-0.1, -0.05) is 6.92 Å². The molecule has 6 nitrogen and oxygen atoms in total. The molecule has 0 fully saturated rings. The molecule has 2 N–H and O–H groups in total. The molecular formula is C11H14N2O4. The van der Waals surface area contributed by atoms with E-state index in [1.54, 1.807) is 19.1 Å². The fourth-order valence-electron chi connectivity index (χ4n) is 1.14. The first kappa shape index (κ1) is 13.1. The summed E-state index contributed by atoms with van der Waals surface area (Å²) < 4.78 is 4.95. The van der Waals surface area contributed by atoms with Gasteiger partial charge in [0, 0.05) is 12.1 Å². The topological polar surface area (TPSA) is 95.5 Å². The lowest BCUT2D eigenvalue weighted by molar-refractivity contribution is -0.384. The minimum atomic E-state index is -0.618. The maximum absolute atomic E-state index is 11.3. The van der Waals surface area contributed by atoms with E-state index >= 15 is 0 Å². The average molecular weight is 238 g/mol. The second-order valence-electron chi connectivity index (χ2n) is 3.55. The van der Waals surface area contributed by atoms with E-state index in [0.717, 1.165) is 0 Å². The van der Waals surface area contributed by atoms with Crippen molar-refractivity contribution in [3.8, 4) is 0 Å². The molecule has 1 aromatic rings. The van der Waals surface area contributed by atoms with E-state index in [9.17, 15) is 14.9 Å². The summed E-state index contributed by atoms with van der Waals surface area (Å²) in [5.41, 5.74) is 6.17. The van der Waals surface area contributed by atoms with Crippen LogP contribution in [-0.4, -0.2) is 16.9 Å². The number of esters is 1. The average Bonchev–Trinajstić information content (AvgIpc) is 2.35. The Bertz CT molecular complexity index is 402. The van der Waals surface area contributed by atoms with Crippen LogP contribution in [-0.2, 0) is 16.1 Å². The summed E-state index contributed by atoms with van der Waals surface area (Å²) in [6.45, 7) is 1.86. The molecule has 0 aliphatic carbocycles. The molecular weight excluding hydrogens is 224 g/mol. The first-order chi connectivity index (χ1) is 8.04. The van der Waals surface area contributed by atoms with Gasteiger partial charge in [-0.25, -0.2) is 0 Å². The molecule has 0 aliphatic rings. The van der Waals surface area contributed by atoms with Crippen LogP contribution >= 0.6 is 0 Å². The smallest absolute Gasteiger partial charge is 0.323 e. The summed E-state index contributed by atoms with van der Waals surface area (Å²) in [6, 6.07) is 5.20. The normalized spacial score (nSPS) is 11.9. The van der Waals surface area contributed by atoms with Gasteiger partial charge in [-0.05, 0) is 24.1 Å². The van der Waals surface area contributed by atoms with E-state index in [1.807, 2.05) is 0 Å². The van der Waals surface area contributed by atoms with Crippen molar-refractivity contribution in [3.63, 3.8) is 0 Å². The number of benzene rings is 1.